The van der Waals surface area contributed by atoms with Crippen molar-refractivity contribution < 1.29 is 57.5 Å². The number of hydrogen-bond donors (Lipinski definition) is 2. The van der Waals surface area contributed by atoms with Crippen molar-refractivity contribution in [2.45, 2.75) is 16.9 Å². The number of sulfonamides is 1. The molecular formula is C18H16F3N3O3SU. The standard InChI is InChI=1S/C18H16F3N3O3S.U/c1-18(2)7-6-11-14(28(26,27)23-18)9-24(3)15(11)17(25)22-10-4-5-13(19)12(8-10)16(20)21;/h4-9,16,23H,1-2H2,3H3,(H,22,25);/q-2;+2. The topological polar surface area (TPSA) is 80.2 Å². The first kappa shape index (κ1) is 23.7. The Balaban J connectivity index is 0.00000300. The molecule has 1 aromatic heterocycles. The molecule has 1 aromatic carbocycles. The Morgan fingerprint density at radius 1 is 1.31 bits per heavy atom. The van der Waals surface area contributed by atoms with Crippen molar-refractivity contribution in [2.75, 3.05) is 5.32 Å². The molecule has 0 saturated heterocycles. The molecule has 0 fully saturated rings. The number of aryl methyl sites for hydroxylation is 1. The summed E-state index contributed by atoms with van der Waals surface area (Å²) in [5, 5.41) is 2.39. The predicted octanol–water partition coefficient (Wildman–Crippen LogP) is 3.07. The van der Waals surface area contributed by atoms with Gasteiger partial charge in [-0.15, -0.1) is 6.08 Å². The van der Waals surface area contributed by atoms with Gasteiger partial charge in [-0.25, -0.2) is 27.1 Å². The molecule has 0 saturated carbocycles. The number of aromatic nitrogens is 1. The minimum absolute atomic E-state index is 0. The molecule has 0 unspecified atom stereocenters. The summed E-state index contributed by atoms with van der Waals surface area (Å²) < 4.78 is 67.8. The summed E-state index contributed by atoms with van der Waals surface area (Å²) in [6.07, 6.45) is 0.981. The minimum Gasteiger partial charge on any atom is -0.349 e. The van der Waals surface area contributed by atoms with Gasteiger partial charge in [0, 0.05) is 24.5 Å². The van der Waals surface area contributed by atoms with Gasteiger partial charge in [0.15, 0.2) is 0 Å². The average molecular weight is 649 g/mol. The van der Waals surface area contributed by atoms with E-state index in [0.717, 1.165) is 18.2 Å². The average Bonchev–Trinajstić information content (AvgIpc) is 2.87. The minimum atomic E-state index is -4.00. The van der Waals surface area contributed by atoms with E-state index < -0.39 is 39.3 Å². The molecule has 152 valence electrons. The zero-order valence-electron chi connectivity index (χ0n) is 15.2. The second-order valence-electron chi connectivity index (χ2n) is 6.45. The summed E-state index contributed by atoms with van der Waals surface area (Å²) in [6, 6.07) is 2.77. The molecule has 0 spiro atoms. The SMILES string of the molecule is [CH2-]C1([CH2-])C=Cc2c(cn(C)c2C(=O)Nc2ccc(F)c(C(F)F)c2)S(=O)(=O)N1.[U+2]. The Labute approximate surface area is 190 Å². The van der Waals surface area contributed by atoms with Crippen LogP contribution in [0.4, 0.5) is 18.9 Å². The molecule has 6 nitrogen and oxygen atoms in total. The van der Waals surface area contributed by atoms with Crippen LogP contribution < -0.4 is 10.0 Å². The molecule has 2 heterocycles. The predicted molar refractivity (Wildman–Crippen MR) is 97.5 cm³/mol. The van der Waals surface area contributed by atoms with Gasteiger partial charge in [0.25, 0.3) is 12.3 Å². The van der Waals surface area contributed by atoms with Gasteiger partial charge in [-0.3, -0.25) is 9.52 Å². The Kier molecular flexibility index (Phi) is 6.79. The van der Waals surface area contributed by atoms with Crippen LogP contribution in [0.3, 0.4) is 0 Å². The maximum atomic E-state index is 13.4. The van der Waals surface area contributed by atoms with E-state index in [2.05, 4.69) is 23.9 Å². The molecule has 0 radical (unpaired) electrons. The van der Waals surface area contributed by atoms with Crippen LogP contribution in [-0.4, -0.2) is 24.4 Å². The van der Waals surface area contributed by atoms with E-state index in [1.807, 2.05) is 0 Å². The van der Waals surface area contributed by atoms with Crippen LogP contribution in [-0.2, 0) is 17.1 Å². The summed E-state index contributed by atoms with van der Waals surface area (Å²) >= 11 is 0. The normalized spacial score (nSPS) is 16.7. The molecule has 2 aromatic rings. The van der Waals surface area contributed by atoms with E-state index in [9.17, 15) is 26.4 Å². The largest absolute Gasteiger partial charge is 2.00 e. The molecule has 0 atom stereocenters. The van der Waals surface area contributed by atoms with E-state index in [-0.39, 0.29) is 53.0 Å². The van der Waals surface area contributed by atoms with Crippen molar-refractivity contribution in [3.63, 3.8) is 0 Å². The number of nitrogens with one attached hydrogen (secondary N) is 2. The Morgan fingerprint density at radius 2 is 1.97 bits per heavy atom. The quantitative estimate of drug-likeness (QED) is 0.503. The third-order valence-corrected chi connectivity index (χ3v) is 5.66. The summed E-state index contributed by atoms with van der Waals surface area (Å²) in [7, 11) is -2.54. The number of carbonyl (C=O) groups excluding carboxylic acids is 1. The maximum absolute atomic E-state index is 13.4. The number of amides is 1. The number of fused-ring (bicyclic) bond motifs is 1. The van der Waals surface area contributed by atoms with Crippen LogP contribution in [0.15, 0.2) is 35.4 Å². The van der Waals surface area contributed by atoms with Crippen molar-refractivity contribution in [1.29, 1.82) is 0 Å². The van der Waals surface area contributed by atoms with Crippen molar-refractivity contribution in [2.24, 2.45) is 7.05 Å². The van der Waals surface area contributed by atoms with Crippen molar-refractivity contribution in [3.8, 4) is 0 Å². The van der Waals surface area contributed by atoms with E-state index >= 15 is 0 Å². The number of rotatable bonds is 3. The number of hydrogen-bond acceptors (Lipinski definition) is 3. The molecule has 11 heteroatoms. The third kappa shape index (κ3) is 4.80. The van der Waals surface area contributed by atoms with E-state index in [1.54, 1.807) is 0 Å². The van der Waals surface area contributed by atoms with Gasteiger partial charge in [-0.1, -0.05) is 6.08 Å². The smallest absolute Gasteiger partial charge is 0.349 e. The van der Waals surface area contributed by atoms with E-state index in [0.29, 0.717) is 0 Å². The fourth-order valence-corrected chi connectivity index (χ4v) is 4.32. The number of halogens is 3. The van der Waals surface area contributed by atoms with Crippen LogP contribution >= 0.6 is 0 Å². The zero-order chi connectivity index (χ0) is 20.9. The molecule has 1 aliphatic heterocycles. The van der Waals surface area contributed by atoms with Crippen LogP contribution in [0, 0.1) is 50.8 Å². The molecule has 0 aliphatic carbocycles. The summed E-state index contributed by atoms with van der Waals surface area (Å²) in [5.74, 6) is -1.85. The Hall–Kier alpha value is -1.54. The van der Waals surface area contributed by atoms with Gasteiger partial charge in [0.1, 0.15) is 16.4 Å². The molecule has 2 N–H and O–H groups in total. The van der Waals surface area contributed by atoms with E-state index in [1.165, 1.54) is 30.0 Å². The first-order valence-corrected chi connectivity index (χ1v) is 9.42. The second-order valence-corrected chi connectivity index (χ2v) is 8.10. The first-order chi connectivity index (χ1) is 12.9. The number of alkyl halides is 2. The van der Waals surface area contributed by atoms with Crippen molar-refractivity contribution in [3.05, 3.63) is 67.0 Å². The van der Waals surface area contributed by atoms with Crippen molar-refractivity contribution in [1.82, 2.24) is 9.29 Å². The van der Waals surface area contributed by atoms with Crippen LogP contribution in [0.5, 0.6) is 0 Å². The first-order valence-electron chi connectivity index (χ1n) is 7.93. The maximum Gasteiger partial charge on any atom is 2.00 e. The second kappa shape index (κ2) is 8.30. The molecular weight excluding hydrogens is 633 g/mol. The molecule has 1 aliphatic rings. The van der Waals surface area contributed by atoms with Gasteiger partial charge in [-0.2, -0.15) is 0 Å². The van der Waals surface area contributed by atoms with Crippen LogP contribution in [0.25, 0.3) is 6.08 Å². The van der Waals surface area contributed by atoms with Gasteiger partial charge < -0.3 is 23.7 Å². The summed E-state index contributed by atoms with van der Waals surface area (Å²) in [5.41, 5.74) is -2.21. The number of nitrogens with zero attached hydrogens (tertiary/aromatic N) is 1. The molecule has 0 bridgehead atoms. The van der Waals surface area contributed by atoms with Crippen LogP contribution in [0.2, 0.25) is 0 Å². The Bertz CT molecular complexity index is 1100. The zero-order valence-corrected chi connectivity index (χ0v) is 20.1. The van der Waals surface area contributed by atoms with Gasteiger partial charge in [-0.05, 0) is 18.2 Å². The molecule has 3 rings (SSSR count). The number of carbonyl (C=O) groups is 1. The monoisotopic (exact) mass is 649 g/mol. The summed E-state index contributed by atoms with van der Waals surface area (Å²) in [4.78, 5) is 12.6. The fourth-order valence-electron chi connectivity index (χ4n) is 2.85. The summed E-state index contributed by atoms with van der Waals surface area (Å²) in [6.45, 7) is 7.29. The molecule has 29 heavy (non-hydrogen) atoms. The number of benzene rings is 1. The molecule has 1 amide bonds. The van der Waals surface area contributed by atoms with Gasteiger partial charge in [0.05, 0.1) is 5.56 Å². The van der Waals surface area contributed by atoms with Crippen molar-refractivity contribution >= 4 is 27.7 Å². The Morgan fingerprint density at radius 3 is 2.59 bits per heavy atom. The fraction of sp³-hybridized carbons (Fsp3) is 0.167. The number of anilines is 1. The van der Waals surface area contributed by atoms with Gasteiger partial charge >= 0.3 is 31.1 Å². The van der Waals surface area contributed by atoms with Gasteiger partial charge in [0.2, 0.25) is 10.0 Å². The van der Waals surface area contributed by atoms with Crippen LogP contribution in [0.1, 0.15) is 28.0 Å². The third-order valence-electron chi connectivity index (χ3n) is 4.08. The van der Waals surface area contributed by atoms with E-state index in [4.69, 9.17) is 0 Å².